The molecule has 98 valence electrons. The van der Waals surface area contributed by atoms with E-state index in [4.69, 9.17) is 5.11 Å². The summed E-state index contributed by atoms with van der Waals surface area (Å²) in [7, 11) is 0. The zero-order chi connectivity index (χ0) is 13.5. The number of hydrogen-bond acceptors (Lipinski definition) is 3. The van der Waals surface area contributed by atoms with Gasteiger partial charge in [0.2, 0.25) is 5.95 Å². The molecule has 0 radical (unpaired) electrons. The van der Waals surface area contributed by atoms with Gasteiger partial charge in [0.15, 0.2) is 0 Å². The van der Waals surface area contributed by atoms with Gasteiger partial charge in [0.05, 0.1) is 0 Å². The molecular formula is C12H15FN2O3. The van der Waals surface area contributed by atoms with E-state index in [0.29, 0.717) is 6.42 Å². The molecule has 0 saturated carbocycles. The Hall–Kier alpha value is -1.98. The van der Waals surface area contributed by atoms with Gasteiger partial charge in [-0.15, -0.1) is 0 Å². The fourth-order valence-electron chi connectivity index (χ4n) is 1.49. The molecule has 0 aliphatic carbocycles. The third-order valence-electron chi connectivity index (χ3n) is 2.58. The predicted molar refractivity (Wildman–Crippen MR) is 62.6 cm³/mol. The number of nitrogens with one attached hydrogen (secondary N) is 1. The molecule has 1 rings (SSSR count). The van der Waals surface area contributed by atoms with E-state index >= 15 is 0 Å². The molecule has 1 unspecified atom stereocenters. The molecule has 5 nitrogen and oxygen atoms in total. The maximum absolute atomic E-state index is 12.8. The highest BCUT2D eigenvalue weighted by Crippen LogP contribution is 2.07. The summed E-state index contributed by atoms with van der Waals surface area (Å²) in [4.78, 5) is 25.6. The Kier molecular flexibility index (Phi) is 5.23. The lowest BCUT2D eigenvalue weighted by molar-refractivity contribution is -0.138. The van der Waals surface area contributed by atoms with Crippen molar-refractivity contribution in [1.82, 2.24) is 10.3 Å². The molecule has 1 aromatic heterocycles. The largest absolute Gasteiger partial charge is 0.481 e. The second-order valence-electron chi connectivity index (χ2n) is 3.95. The van der Waals surface area contributed by atoms with Crippen LogP contribution in [0.5, 0.6) is 0 Å². The van der Waals surface area contributed by atoms with Crippen molar-refractivity contribution in [3.05, 3.63) is 29.8 Å². The number of carbonyl (C=O) groups is 2. The minimum Gasteiger partial charge on any atom is -0.481 e. The minimum absolute atomic E-state index is 0.00147. The molecule has 0 fully saturated rings. The van der Waals surface area contributed by atoms with E-state index in [0.717, 1.165) is 6.07 Å². The summed E-state index contributed by atoms with van der Waals surface area (Å²) in [5, 5.41) is 11.2. The SMILES string of the molecule is CCC(CNC(=O)c1ccnc(F)c1)CC(=O)O. The number of carboxylic acids is 1. The number of rotatable bonds is 6. The topological polar surface area (TPSA) is 79.3 Å². The van der Waals surface area contributed by atoms with Crippen LogP contribution in [0.4, 0.5) is 4.39 Å². The van der Waals surface area contributed by atoms with Gasteiger partial charge in [0.25, 0.3) is 5.91 Å². The van der Waals surface area contributed by atoms with Gasteiger partial charge in [0, 0.05) is 30.8 Å². The quantitative estimate of drug-likeness (QED) is 0.753. The summed E-state index contributed by atoms with van der Waals surface area (Å²) < 4.78 is 12.8. The van der Waals surface area contributed by atoms with Gasteiger partial charge in [-0.3, -0.25) is 9.59 Å². The van der Waals surface area contributed by atoms with Crippen LogP contribution in [0, 0.1) is 11.9 Å². The third-order valence-corrected chi connectivity index (χ3v) is 2.58. The van der Waals surface area contributed by atoms with Crippen molar-refractivity contribution in [2.24, 2.45) is 5.92 Å². The maximum Gasteiger partial charge on any atom is 0.303 e. The Bertz CT molecular complexity index is 437. The van der Waals surface area contributed by atoms with Crippen molar-refractivity contribution >= 4 is 11.9 Å². The van der Waals surface area contributed by atoms with E-state index < -0.39 is 17.8 Å². The van der Waals surface area contributed by atoms with Crippen LogP contribution in [-0.2, 0) is 4.79 Å². The van der Waals surface area contributed by atoms with Crippen LogP contribution in [0.2, 0.25) is 0 Å². The third kappa shape index (κ3) is 4.48. The molecule has 1 atom stereocenters. The zero-order valence-electron chi connectivity index (χ0n) is 10.0. The Morgan fingerprint density at radius 1 is 1.56 bits per heavy atom. The van der Waals surface area contributed by atoms with E-state index in [1.54, 1.807) is 0 Å². The Balaban J connectivity index is 2.52. The highest BCUT2D eigenvalue weighted by atomic mass is 19.1. The number of amides is 1. The molecule has 0 spiro atoms. The number of hydrogen-bond donors (Lipinski definition) is 2. The van der Waals surface area contributed by atoms with Crippen molar-refractivity contribution in [1.29, 1.82) is 0 Å². The standard InChI is InChI=1S/C12H15FN2O3/c1-2-8(5-11(16)17)7-15-12(18)9-3-4-14-10(13)6-9/h3-4,6,8H,2,5,7H2,1H3,(H,15,18)(H,16,17). The van der Waals surface area contributed by atoms with Gasteiger partial charge in [0.1, 0.15) is 0 Å². The van der Waals surface area contributed by atoms with Gasteiger partial charge < -0.3 is 10.4 Å². The minimum atomic E-state index is -0.897. The molecule has 0 aliphatic rings. The van der Waals surface area contributed by atoms with Crippen LogP contribution in [0.3, 0.4) is 0 Å². The van der Waals surface area contributed by atoms with Gasteiger partial charge >= 0.3 is 5.97 Å². The first-order chi connectivity index (χ1) is 8.52. The molecule has 1 amide bonds. The normalized spacial score (nSPS) is 11.9. The first-order valence-corrected chi connectivity index (χ1v) is 5.64. The number of carboxylic acid groups (broad SMARTS) is 1. The summed E-state index contributed by atoms with van der Waals surface area (Å²) in [6, 6.07) is 2.43. The molecule has 0 bridgehead atoms. The lowest BCUT2D eigenvalue weighted by Crippen LogP contribution is -2.30. The zero-order valence-corrected chi connectivity index (χ0v) is 10.0. The van der Waals surface area contributed by atoms with E-state index in [2.05, 4.69) is 10.3 Å². The first kappa shape index (κ1) is 14.1. The monoisotopic (exact) mass is 254 g/mol. The number of nitrogens with zero attached hydrogens (tertiary/aromatic N) is 1. The second-order valence-corrected chi connectivity index (χ2v) is 3.95. The van der Waals surface area contributed by atoms with Crippen LogP contribution in [0.15, 0.2) is 18.3 Å². The summed E-state index contributed by atoms with van der Waals surface area (Å²) in [5.74, 6) is -2.18. The molecule has 6 heteroatoms. The molecule has 0 aliphatic heterocycles. The van der Waals surface area contributed by atoms with Crippen molar-refractivity contribution in [2.45, 2.75) is 19.8 Å². The van der Waals surface area contributed by atoms with Crippen molar-refractivity contribution in [3.8, 4) is 0 Å². The van der Waals surface area contributed by atoms with E-state index in [9.17, 15) is 14.0 Å². The van der Waals surface area contributed by atoms with Crippen molar-refractivity contribution in [3.63, 3.8) is 0 Å². The molecule has 0 saturated heterocycles. The second kappa shape index (κ2) is 6.68. The van der Waals surface area contributed by atoms with Crippen LogP contribution < -0.4 is 5.32 Å². The Morgan fingerprint density at radius 3 is 2.83 bits per heavy atom. The van der Waals surface area contributed by atoms with Crippen molar-refractivity contribution < 1.29 is 19.1 Å². The molecule has 18 heavy (non-hydrogen) atoms. The molecule has 2 N–H and O–H groups in total. The smallest absolute Gasteiger partial charge is 0.303 e. The Labute approximate surface area is 104 Å². The lowest BCUT2D eigenvalue weighted by Gasteiger charge is -2.13. The fraction of sp³-hybridized carbons (Fsp3) is 0.417. The number of aromatic nitrogens is 1. The summed E-state index contributed by atoms with van der Waals surface area (Å²) in [6.45, 7) is 2.11. The highest BCUT2D eigenvalue weighted by molar-refractivity contribution is 5.94. The highest BCUT2D eigenvalue weighted by Gasteiger charge is 2.13. The lowest BCUT2D eigenvalue weighted by atomic mass is 10.0. The Morgan fingerprint density at radius 2 is 2.28 bits per heavy atom. The maximum atomic E-state index is 12.8. The molecule has 1 aromatic rings. The number of halogens is 1. The number of pyridine rings is 1. The average molecular weight is 254 g/mol. The van der Waals surface area contributed by atoms with E-state index in [1.165, 1.54) is 12.3 Å². The van der Waals surface area contributed by atoms with Crippen LogP contribution >= 0.6 is 0 Å². The number of carbonyl (C=O) groups excluding carboxylic acids is 1. The summed E-state index contributed by atoms with van der Waals surface area (Å²) in [6.07, 6.45) is 1.86. The average Bonchev–Trinajstić information content (AvgIpc) is 2.33. The van der Waals surface area contributed by atoms with Crippen LogP contribution in [0.25, 0.3) is 0 Å². The van der Waals surface area contributed by atoms with Gasteiger partial charge in [-0.05, 0) is 12.0 Å². The van der Waals surface area contributed by atoms with Gasteiger partial charge in [-0.25, -0.2) is 4.98 Å². The molecular weight excluding hydrogens is 239 g/mol. The molecule has 1 heterocycles. The summed E-state index contributed by atoms with van der Waals surface area (Å²) in [5.41, 5.74) is 0.174. The van der Waals surface area contributed by atoms with Gasteiger partial charge in [-0.2, -0.15) is 4.39 Å². The fourth-order valence-corrected chi connectivity index (χ4v) is 1.49. The van der Waals surface area contributed by atoms with E-state index in [1.807, 2.05) is 6.92 Å². The van der Waals surface area contributed by atoms with Crippen LogP contribution in [-0.4, -0.2) is 28.5 Å². The van der Waals surface area contributed by atoms with Crippen LogP contribution in [0.1, 0.15) is 30.1 Å². The van der Waals surface area contributed by atoms with Crippen molar-refractivity contribution in [2.75, 3.05) is 6.54 Å². The van der Waals surface area contributed by atoms with Gasteiger partial charge in [-0.1, -0.05) is 13.3 Å². The first-order valence-electron chi connectivity index (χ1n) is 5.64. The molecule has 0 aromatic carbocycles. The van der Waals surface area contributed by atoms with E-state index in [-0.39, 0.29) is 24.4 Å². The number of aliphatic carboxylic acids is 1. The summed E-state index contributed by atoms with van der Waals surface area (Å²) >= 11 is 0. The predicted octanol–water partition coefficient (Wildman–Crippen LogP) is 1.45.